The molecule has 3 aromatic carbocycles. The number of nitro benzene ring substituents is 1. The Morgan fingerprint density at radius 1 is 1.03 bits per heavy atom. The van der Waals surface area contributed by atoms with E-state index in [0.717, 1.165) is 0 Å². The maximum absolute atomic E-state index is 12.6. The molecule has 0 aromatic heterocycles. The van der Waals surface area contributed by atoms with Crippen LogP contribution in [-0.4, -0.2) is 32.2 Å². The van der Waals surface area contributed by atoms with Crippen molar-refractivity contribution in [3.8, 4) is 34.8 Å². The number of esters is 1. The minimum atomic E-state index is -0.715. The Kier molecular flexibility index (Phi) is 6.84. The maximum Gasteiger partial charge on any atom is 0.343 e. The number of carbonyl (C=O) groups excluding carboxylic acids is 1. The number of hydrogen-bond acceptors (Lipinski definition) is 10. The van der Waals surface area contributed by atoms with E-state index in [-0.39, 0.29) is 34.2 Å². The van der Waals surface area contributed by atoms with Crippen molar-refractivity contribution in [3.05, 3.63) is 92.9 Å². The molecule has 2 N–H and O–H groups in total. The Morgan fingerprint density at radius 3 is 2.22 bits per heavy atom. The van der Waals surface area contributed by atoms with Crippen molar-refractivity contribution in [1.29, 1.82) is 5.26 Å². The number of hydrogen-bond donors (Lipinski definition) is 1. The third-order valence-corrected chi connectivity index (χ3v) is 5.74. The highest BCUT2D eigenvalue weighted by Gasteiger charge is 2.32. The van der Waals surface area contributed by atoms with Gasteiger partial charge in [0.05, 0.1) is 37.7 Å². The fourth-order valence-corrected chi connectivity index (χ4v) is 4.00. The number of allylic oxidation sites excluding steroid dienone is 1. The summed E-state index contributed by atoms with van der Waals surface area (Å²) in [4.78, 5) is 22.8. The summed E-state index contributed by atoms with van der Waals surface area (Å²) >= 11 is 0. The zero-order chi connectivity index (χ0) is 26.7. The molecule has 0 fully saturated rings. The summed E-state index contributed by atoms with van der Waals surface area (Å²) in [6.45, 7) is 0. The van der Waals surface area contributed by atoms with Crippen LogP contribution >= 0.6 is 0 Å². The number of nitrogens with two attached hydrogens (primary N) is 1. The monoisotopic (exact) mass is 503 g/mol. The molecule has 4 rings (SSSR count). The van der Waals surface area contributed by atoms with Crippen LogP contribution in [0.4, 0.5) is 5.69 Å². The Hall–Kier alpha value is -5.24. The average Bonchev–Trinajstić information content (AvgIpc) is 2.91. The van der Waals surface area contributed by atoms with Crippen LogP contribution in [0.2, 0.25) is 0 Å². The van der Waals surface area contributed by atoms with Gasteiger partial charge in [0.2, 0.25) is 11.6 Å². The molecule has 37 heavy (non-hydrogen) atoms. The van der Waals surface area contributed by atoms with Gasteiger partial charge in [-0.1, -0.05) is 6.07 Å². The van der Waals surface area contributed by atoms with Gasteiger partial charge in [-0.15, -0.1) is 0 Å². The largest absolute Gasteiger partial charge is 0.493 e. The Balaban J connectivity index is 1.71. The lowest BCUT2D eigenvalue weighted by Gasteiger charge is -2.27. The molecule has 11 nitrogen and oxygen atoms in total. The number of non-ortho nitro benzene ring substituents is 1. The Labute approximate surface area is 211 Å². The van der Waals surface area contributed by atoms with Gasteiger partial charge in [0.1, 0.15) is 23.1 Å². The molecule has 1 unspecified atom stereocenters. The molecular weight excluding hydrogens is 482 g/mol. The summed E-state index contributed by atoms with van der Waals surface area (Å²) in [5.74, 6) is 0.166. The first-order valence-corrected chi connectivity index (χ1v) is 10.8. The van der Waals surface area contributed by atoms with E-state index in [1.807, 2.05) is 0 Å². The summed E-state index contributed by atoms with van der Waals surface area (Å²) in [6.07, 6.45) is 0. The van der Waals surface area contributed by atoms with E-state index < -0.39 is 16.8 Å². The predicted molar refractivity (Wildman–Crippen MR) is 130 cm³/mol. The molecule has 1 aliphatic heterocycles. The molecule has 0 amide bonds. The van der Waals surface area contributed by atoms with Gasteiger partial charge in [0.15, 0.2) is 11.5 Å². The van der Waals surface area contributed by atoms with Gasteiger partial charge in [0.25, 0.3) is 5.69 Å². The van der Waals surface area contributed by atoms with Gasteiger partial charge in [-0.2, -0.15) is 5.26 Å². The first-order chi connectivity index (χ1) is 17.8. The molecule has 0 saturated heterocycles. The molecular formula is C26H21N3O8. The van der Waals surface area contributed by atoms with Gasteiger partial charge in [-0.3, -0.25) is 10.1 Å². The van der Waals surface area contributed by atoms with Crippen molar-refractivity contribution in [2.45, 2.75) is 5.92 Å². The van der Waals surface area contributed by atoms with Gasteiger partial charge in [-0.25, -0.2) is 4.79 Å². The van der Waals surface area contributed by atoms with Crippen molar-refractivity contribution >= 4 is 11.7 Å². The van der Waals surface area contributed by atoms with Crippen molar-refractivity contribution in [2.24, 2.45) is 5.73 Å². The summed E-state index contributed by atoms with van der Waals surface area (Å²) in [7, 11) is 4.46. The summed E-state index contributed by atoms with van der Waals surface area (Å²) in [6, 6.07) is 15.3. The highest BCUT2D eigenvalue weighted by Crippen LogP contribution is 2.47. The van der Waals surface area contributed by atoms with Crippen LogP contribution in [0.5, 0.6) is 28.7 Å². The van der Waals surface area contributed by atoms with E-state index >= 15 is 0 Å². The number of methoxy groups -OCH3 is 3. The summed E-state index contributed by atoms with van der Waals surface area (Å²) < 4.78 is 27.4. The van der Waals surface area contributed by atoms with Crippen LogP contribution in [-0.2, 0) is 0 Å². The molecule has 0 saturated carbocycles. The standard InChI is InChI=1S/C26H21N3O8/c1-33-21-10-15(11-22(34-2)24(21)35-3)23-18-9-8-17(12-20(18)37-25(28)19(23)13-27)36-26(30)14-4-6-16(7-5-14)29(31)32/h4-12,23H,28H2,1-3H3. The average molecular weight is 503 g/mol. The van der Waals surface area contributed by atoms with Crippen LogP contribution in [0.15, 0.2) is 66.1 Å². The van der Waals surface area contributed by atoms with Crippen molar-refractivity contribution < 1.29 is 33.4 Å². The fraction of sp³-hybridized carbons (Fsp3) is 0.154. The second kappa shape index (κ2) is 10.2. The number of nitriles is 1. The summed E-state index contributed by atoms with van der Waals surface area (Å²) in [5, 5.41) is 20.7. The molecule has 1 aliphatic rings. The topological polar surface area (TPSA) is 156 Å². The van der Waals surface area contributed by atoms with E-state index in [1.54, 1.807) is 24.3 Å². The lowest BCUT2D eigenvalue weighted by atomic mass is 9.83. The SMILES string of the molecule is COc1cc(C2C(C#N)=C(N)Oc3cc(OC(=O)c4ccc([N+](=O)[O-])cc4)ccc32)cc(OC)c1OC. The molecule has 1 atom stereocenters. The normalized spacial score (nSPS) is 14.1. The number of nitro groups is 1. The first-order valence-electron chi connectivity index (χ1n) is 10.8. The molecule has 0 radical (unpaired) electrons. The van der Waals surface area contributed by atoms with Gasteiger partial charge in [0, 0.05) is 23.8 Å². The lowest BCUT2D eigenvalue weighted by Crippen LogP contribution is -2.21. The molecule has 0 spiro atoms. The predicted octanol–water partition coefficient (Wildman–Crippen LogP) is 4.06. The third-order valence-electron chi connectivity index (χ3n) is 5.74. The van der Waals surface area contributed by atoms with E-state index in [2.05, 4.69) is 6.07 Å². The lowest BCUT2D eigenvalue weighted by molar-refractivity contribution is -0.384. The number of rotatable bonds is 7. The fourth-order valence-electron chi connectivity index (χ4n) is 4.00. The van der Waals surface area contributed by atoms with E-state index in [1.165, 1.54) is 51.7 Å². The van der Waals surface area contributed by atoms with E-state index in [9.17, 15) is 20.2 Å². The van der Waals surface area contributed by atoms with Crippen LogP contribution in [0.3, 0.4) is 0 Å². The number of ether oxygens (including phenoxy) is 5. The number of fused-ring (bicyclic) bond motifs is 1. The second-order valence-corrected chi connectivity index (χ2v) is 7.78. The zero-order valence-electron chi connectivity index (χ0n) is 20.0. The number of nitrogens with zero attached hydrogens (tertiary/aromatic N) is 2. The molecule has 0 bridgehead atoms. The quantitative estimate of drug-likeness (QED) is 0.216. The highest BCUT2D eigenvalue weighted by atomic mass is 16.6. The van der Waals surface area contributed by atoms with Crippen LogP contribution in [0, 0.1) is 21.4 Å². The number of carbonyl (C=O) groups is 1. The molecule has 11 heteroatoms. The van der Waals surface area contributed by atoms with Crippen molar-refractivity contribution in [2.75, 3.05) is 21.3 Å². The summed E-state index contributed by atoms with van der Waals surface area (Å²) in [5.41, 5.74) is 7.48. The molecule has 188 valence electrons. The molecule has 0 aliphatic carbocycles. The van der Waals surface area contributed by atoms with Crippen molar-refractivity contribution in [1.82, 2.24) is 0 Å². The third kappa shape index (κ3) is 4.68. The minimum Gasteiger partial charge on any atom is -0.493 e. The smallest absolute Gasteiger partial charge is 0.343 e. The Bertz CT molecular complexity index is 1430. The highest BCUT2D eigenvalue weighted by molar-refractivity contribution is 5.91. The minimum absolute atomic E-state index is 0.104. The van der Waals surface area contributed by atoms with Crippen LogP contribution in [0.1, 0.15) is 27.4 Å². The molecule has 3 aromatic rings. The van der Waals surface area contributed by atoms with E-state index in [4.69, 9.17) is 29.4 Å². The van der Waals surface area contributed by atoms with E-state index in [0.29, 0.717) is 28.4 Å². The molecule has 1 heterocycles. The van der Waals surface area contributed by atoms with Crippen molar-refractivity contribution in [3.63, 3.8) is 0 Å². The van der Waals surface area contributed by atoms with Crippen LogP contribution < -0.4 is 29.4 Å². The first kappa shape index (κ1) is 24.9. The second-order valence-electron chi connectivity index (χ2n) is 7.78. The van der Waals surface area contributed by atoms with Gasteiger partial charge >= 0.3 is 5.97 Å². The number of benzene rings is 3. The zero-order valence-corrected chi connectivity index (χ0v) is 20.0. The van der Waals surface area contributed by atoms with Crippen LogP contribution in [0.25, 0.3) is 0 Å². The Morgan fingerprint density at radius 2 is 1.68 bits per heavy atom. The van der Waals surface area contributed by atoms with Gasteiger partial charge < -0.3 is 29.4 Å². The van der Waals surface area contributed by atoms with Gasteiger partial charge in [-0.05, 0) is 35.9 Å². The maximum atomic E-state index is 12.6.